The van der Waals surface area contributed by atoms with E-state index in [0.717, 1.165) is 18.2 Å². The van der Waals surface area contributed by atoms with Crippen molar-refractivity contribution in [3.05, 3.63) is 43.7 Å². The quantitative estimate of drug-likeness (QED) is 0.185. The van der Waals surface area contributed by atoms with E-state index in [2.05, 4.69) is 15.9 Å². The molecule has 7 nitrogen and oxygen atoms in total. The number of rotatable bonds is 6. The number of esters is 2. The SMILES string of the molecule is CCOC(=O)C(=Cc1cc(F)c(Br)cc1[N+](=O)[O-])C(=O)OCC. The predicted molar refractivity (Wildman–Crippen MR) is 82.0 cm³/mol. The molecule has 0 fully saturated rings. The Labute approximate surface area is 139 Å². The first-order chi connectivity index (χ1) is 10.8. The lowest BCUT2D eigenvalue weighted by molar-refractivity contribution is -0.385. The van der Waals surface area contributed by atoms with Crippen molar-refractivity contribution in [2.24, 2.45) is 0 Å². The van der Waals surface area contributed by atoms with Gasteiger partial charge >= 0.3 is 11.9 Å². The highest BCUT2D eigenvalue weighted by atomic mass is 79.9. The summed E-state index contributed by atoms with van der Waals surface area (Å²) >= 11 is 2.84. The van der Waals surface area contributed by atoms with E-state index in [1.807, 2.05) is 0 Å². The minimum absolute atomic E-state index is 0.00757. The molecule has 0 aliphatic carbocycles. The monoisotopic (exact) mass is 389 g/mol. The van der Waals surface area contributed by atoms with Gasteiger partial charge in [0.1, 0.15) is 11.4 Å². The third kappa shape index (κ3) is 4.85. The Bertz CT molecular complexity index is 653. The standard InChI is InChI=1S/C14H13BrFNO6/c1-3-22-13(18)9(14(19)23-4-2)5-8-6-11(16)10(15)7-12(8)17(20)21/h5-7H,3-4H2,1-2H3. The maximum Gasteiger partial charge on any atom is 0.345 e. The normalized spacial score (nSPS) is 9.91. The number of benzene rings is 1. The first-order valence-corrected chi connectivity index (χ1v) is 7.30. The van der Waals surface area contributed by atoms with Crippen LogP contribution in [0.15, 0.2) is 22.2 Å². The Morgan fingerprint density at radius 1 is 1.26 bits per heavy atom. The summed E-state index contributed by atoms with van der Waals surface area (Å²) in [4.78, 5) is 34.0. The molecular formula is C14H13BrFNO6. The molecule has 0 aliphatic rings. The second-order valence-corrected chi connectivity index (χ2v) is 4.94. The third-order valence-electron chi connectivity index (χ3n) is 2.56. The van der Waals surface area contributed by atoms with Gasteiger partial charge < -0.3 is 9.47 Å². The summed E-state index contributed by atoms with van der Waals surface area (Å²) in [6.07, 6.45) is 0.879. The van der Waals surface area contributed by atoms with Crippen molar-refractivity contribution in [2.45, 2.75) is 13.8 Å². The Morgan fingerprint density at radius 2 is 1.78 bits per heavy atom. The predicted octanol–water partition coefficient (Wildman–Crippen LogP) is 3.01. The van der Waals surface area contributed by atoms with Gasteiger partial charge in [0.25, 0.3) is 5.69 Å². The van der Waals surface area contributed by atoms with Crippen LogP contribution in [0.2, 0.25) is 0 Å². The molecule has 0 bridgehead atoms. The van der Waals surface area contributed by atoms with Crippen molar-refractivity contribution in [3.8, 4) is 0 Å². The van der Waals surface area contributed by atoms with Crippen LogP contribution in [0.3, 0.4) is 0 Å². The summed E-state index contributed by atoms with van der Waals surface area (Å²) in [6.45, 7) is 3.05. The highest BCUT2D eigenvalue weighted by Gasteiger charge is 2.24. The molecule has 0 atom stereocenters. The number of nitrogens with zero attached hydrogens (tertiary/aromatic N) is 1. The molecule has 0 heterocycles. The summed E-state index contributed by atoms with van der Waals surface area (Å²) in [5.74, 6) is -2.80. The average Bonchev–Trinajstić information content (AvgIpc) is 2.47. The number of ether oxygens (including phenoxy) is 2. The fraction of sp³-hybridized carbons (Fsp3) is 0.286. The van der Waals surface area contributed by atoms with Crippen molar-refractivity contribution in [1.29, 1.82) is 0 Å². The van der Waals surface area contributed by atoms with Gasteiger partial charge in [-0.05, 0) is 41.9 Å². The van der Waals surface area contributed by atoms with Gasteiger partial charge in [-0.25, -0.2) is 14.0 Å². The molecule has 0 unspecified atom stereocenters. The molecule has 0 radical (unpaired) electrons. The van der Waals surface area contributed by atoms with Gasteiger partial charge in [-0.15, -0.1) is 0 Å². The molecule has 0 saturated heterocycles. The molecule has 1 rings (SSSR count). The highest BCUT2D eigenvalue weighted by Crippen LogP contribution is 2.28. The molecular weight excluding hydrogens is 377 g/mol. The molecule has 0 aliphatic heterocycles. The van der Waals surface area contributed by atoms with E-state index in [-0.39, 0.29) is 23.2 Å². The maximum atomic E-state index is 13.6. The minimum Gasteiger partial charge on any atom is -0.462 e. The van der Waals surface area contributed by atoms with Crippen molar-refractivity contribution in [3.63, 3.8) is 0 Å². The fourth-order valence-electron chi connectivity index (χ4n) is 1.60. The number of carbonyl (C=O) groups is 2. The molecule has 124 valence electrons. The summed E-state index contributed by atoms with van der Waals surface area (Å²) in [6, 6.07) is 1.77. The molecule has 0 aromatic heterocycles. The second-order valence-electron chi connectivity index (χ2n) is 4.08. The number of nitro groups is 1. The lowest BCUT2D eigenvalue weighted by Gasteiger charge is -2.07. The van der Waals surface area contributed by atoms with Gasteiger partial charge in [-0.2, -0.15) is 0 Å². The van der Waals surface area contributed by atoms with Gasteiger partial charge in [0, 0.05) is 6.07 Å². The Morgan fingerprint density at radius 3 is 2.22 bits per heavy atom. The average molecular weight is 390 g/mol. The van der Waals surface area contributed by atoms with E-state index >= 15 is 0 Å². The lowest BCUT2D eigenvalue weighted by Crippen LogP contribution is -2.18. The van der Waals surface area contributed by atoms with Gasteiger partial charge in [-0.1, -0.05) is 0 Å². The maximum absolute atomic E-state index is 13.6. The smallest absolute Gasteiger partial charge is 0.345 e. The van der Waals surface area contributed by atoms with E-state index in [1.165, 1.54) is 13.8 Å². The first-order valence-electron chi connectivity index (χ1n) is 6.51. The largest absolute Gasteiger partial charge is 0.462 e. The number of hydrogen-bond acceptors (Lipinski definition) is 6. The molecule has 23 heavy (non-hydrogen) atoms. The summed E-state index contributed by atoms with van der Waals surface area (Å²) < 4.78 is 23.0. The molecule has 0 saturated carbocycles. The van der Waals surface area contributed by atoms with Crippen LogP contribution in [0.1, 0.15) is 19.4 Å². The van der Waals surface area contributed by atoms with Crippen LogP contribution in [0.4, 0.5) is 10.1 Å². The fourth-order valence-corrected chi connectivity index (χ4v) is 1.93. The van der Waals surface area contributed by atoms with E-state index in [4.69, 9.17) is 9.47 Å². The van der Waals surface area contributed by atoms with Crippen molar-refractivity contribution in [1.82, 2.24) is 0 Å². The molecule has 1 aromatic carbocycles. The molecule has 0 N–H and O–H groups in total. The van der Waals surface area contributed by atoms with E-state index in [1.54, 1.807) is 0 Å². The lowest BCUT2D eigenvalue weighted by atomic mass is 10.1. The Kier molecular flexibility index (Phi) is 6.83. The van der Waals surface area contributed by atoms with Gasteiger partial charge in [0.15, 0.2) is 0 Å². The summed E-state index contributed by atoms with van der Waals surface area (Å²) in [5, 5.41) is 11.1. The topological polar surface area (TPSA) is 95.7 Å². The number of nitro benzene ring substituents is 1. The van der Waals surface area contributed by atoms with Crippen LogP contribution in [-0.2, 0) is 19.1 Å². The zero-order valence-electron chi connectivity index (χ0n) is 12.3. The van der Waals surface area contributed by atoms with Crippen LogP contribution in [0, 0.1) is 15.9 Å². The van der Waals surface area contributed by atoms with E-state index in [9.17, 15) is 24.1 Å². The Hall–Kier alpha value is -2.29. The second kappa shape index (κ2) is 8.37. The molecule has 9 heteroatoms. The van der Waals surface area contributed by atoms with Crippen LogP contribution in [0.25, 0.3) is 6.08 Å². The number of carbonyl (C=O) groups excluding carboxylic acids is 2. The molecule has 1 aromatic rings. The zero-order chi connectivity index (χ0) is 17.6. The first kappa shape index (κ1) is 18.8. The highest BCUT2D eigenvalue weighted by molar-refractivity contribution is 9.10. The van der Waals surface area contributed by atoms with Crippen molar-refractivity contribution in [2.75, 3.05) is 13.2 Å². The van der Waals surface area contributed by atoms with Gasteiger partial charge in [0.05, 0.1) is 28.2 Å². The van der Waals surface area contributed by atoms with E-state index < -0.39 is 33.9 Å². The van der Waals surface area contributed by atoms with Gasteiger partial charge in [-0.3, -0.25) is 10.1 Å². The van der Waals surface area contributed by atoms with E-state index in [0.29, 0.717) is 0 Å². The third-order valence-corrected chi connectivity index (χ3v) is 3.16. The van der Waals surface area contributed by atoms with Crippen LogP contribution < -0.4 is 0 Å². The number of halogens is 2. The summed E-state index contributed by atoms with van der Waals surface area (Å²) in [7, 11) is 0. The minimum atomic E-state index is -1.01. The number of hydrogen-bond donors (Lipinski definition) is 0. The van der Waals surface area contributed by atoms with Crippen LogP contribution >= 0.6 is 15.9 Å². The zero-order valence-corrected chi connectivity index (χ0v) is 13.9. The van der Waals surface area contributed by atoms with Crippen molar-refractivity contribution < 1.29 is 28.4 Å². The summed E-state index contributed by atoms with van der Waals surface area (Å²) in [5.41, 5.74) is -1.30. The van der Waals surface area contributed by atoms with Crippen LogP contribution in [0.5, 0.6) is 0 Å². The Balaban J connectivity index is 3.46. The molecule has 0 amide bonds. The van der Waals surface area contributed by atoms with Crippen LogP contribution in [-0.4, -0.2) is 30.1 Å². The van der Waals surface area contributed by atoms with Gasteiger partial charge in [0.2, 0.25) is 0 Å². The molecule has 0 spiro atoms. The van der Waals surface area contributed by atoms with Crippen molar-refractivity contribution >= 4 is 39.6 Å².